The number of nitrogens with zero attached hydrogens (tertiary/aromatic N) is 1. The third-order valence-corrected chi connectivity index (χ3v) is 5.58. The molecule has 0 saturated carbocycles. The summed E-state index contributed by atoms with van der Waals surface area (Å²) in [7, 11) is -3.72. The molecular formula is C20H21N3O5S. The van der Waals surface area contributed by atoms with Gasteiger partial charge >= 0.3 is 0 Å². The molecule has 0 bridgehead atoms. The van der Waals surface area contributed by atoms with Crippen LogP contribution in [0.2, 0.25) is 0 Å². The maximum Gasteiger partial charge on any atom is 0.261 e. The SMILES string of the molecule is NS(=O)(=O)c1ccc(CCNC(=O)CCCN2C(=O)c3ccccc3C2=O)cc1. The Labute approximate surface area is 168 Å². The van der Waals surface area contributed by atoms with Gasteiger partial charge in [0, 0.05) is 19.5 Å². The molecule has 0 aliphatic carbocycles. The lowest BCUT2D eigenvalue weighted by atomic mass is 10.1. The number of hydrogen-bond acceptors (Lipinski definition) is 5. The van der Waals surface area contributed by atoms with E-state index in [1.807, 2.05) is 0 Å². The number of primary sulfonamides is 1. The lowest BCUT2D eigenvalue weighted by Crippen LogP contribution is -2.32. The molecule has 3 N–H and O–H groups in total. The number of carbonyl (C=O) groups excluding carboxylic acids is 3. The number of hydrogen-bond donors (Lipinski definition) is 2. The lowest BCUT2D eigenvalue weighted by molar-refractivity contribution is -0.121. The summed E-state index contributed by atoms with van der Waals surface area (Å²) in [4.78, 5) is 37.7. The van der Waals surface area contributed by atoms with Crippen molar-refractivity contribution >= 4 is 27.7 Å². The topological polar surface area (TPSA) is 127 Å². The number of rotatable bonds is 8. The average molecular weight is 415 g/mol. The smallest absolute Gasteiger partial charge is 0.261 e. The van der Waals surface area contributed by atoms with Gasteiger partial charge in [-0.3, -0.25) is 19.3 Å². The Morgan fingerprint density at radius 2 is 1.55 bits per heavy atom. The van der Waals surface area contributed by atoms with Gasteiger partial charge in [-0.15, -0.1) is 0 Å². The van der Waals surface area contributed by atoms with Crippen LogP contribution in [0.15, 0.2) is 53.4 Å². The number of benzene rings is 2. The van der Waals surface area contributed by atoms with Crippen molar-refractivity contribution in [2.75, 3.05) is 13.1 Å². The first kappa shape index (κ1) is 20.7. The van der Waals surface area contributed by atoms with Crippen molar-refractivity contribution in [2.24, 2.45) is 5.14 Å². The maximum atomic E-state index is 12.3. The van der Waals surface area contributed by atoms with Gasteiger partial charge in [0.2, 0.25) is 15.9 Å². The van der Waals surface area contributed by atoms with E-state index in [0.29, 0.717) is 30.5 Å². The van der Waals surface area contributed by atoms with Crippen molar-refractivity contribution in [3.63, 3.8) is 0 Å². The third-order valence-electron chi connectivity index (χ3n) is 4.65. The number of imide groups is 1. The number of nitrogens with one attached hydrogen (secondary N) is 1. The van der Waals surface area contributed by atoms with E-state index < -0.39 is 10.0 Å². The van der Waals surface area contributed by atoms with Crippen LogP contribution >= 0.6 is 0 Å². The highest BCUT2D eigenvalue weighted by Gasteiger charge is 2.34. The molecule has 1 heterocycles. The predicted molar refractivity (Wildman–Crippen MR) is 106 cm³/mol. The van der Waals surface area contributed by atoms with Gasteiger partial charge in [0.1, 0.15) is 0 Å². The maximum absolute atomic E-state index is 12.3. The fraction of sp³-hybridized carbons (Fsp3) is 0.250. The Kier molecular flexibility index (Phi) is 6.09. The zero-order valence-electron chi connectivity index (χ0n) is 15.6. The summed E-state index contributed by atoms with van der Waals surface area (Å²) < 4.78 is 22.4. The summed E-state index contributed by atoms with van der Waals surface area (Å²) in [5.41, 5.74) is 1.66. The van der Waals surface area contributed by atoms with Crippen molar-refractivity contribution in [3.8, 4) is 0 Å². The van der Waals surface area contributed by atoms with Gasteiger partial charge < -0.3 is 5.32 Å². The monoisotopic (exact) mass is 415 g/mol. The Hall–Kier alpha value is -3.04. The lowest BCUT2D eigenvalue weighted by Gasteiger charge is -2.13. The van der Waals surface area contributed by atoms with E-state index >= 15 is 0 Å². The molecule has 8 nitrogen and oxygen atoms in total. The number of sulfonamides is 1. The van der Waals surface area contributed by atoms with Crippen LogP contribution in [0.3, 0.4) is 0 Å². The van der Waals surface area contributed by atoms with E-state index in [2.05, 4.69) is 5.32 Å². The fourth-order valence-corrected chi connectivity index (χ4v) is 3.64. The van der Waals surface area contributed by atoms with Crippen LogP contribution in [0.25, 0.3) is 0 Å². The molecule has 1 aliphatic heterocycles. The molecule has 0 fully saturated rings. The molecule has 152 valence electrons. The van der Waals surface area contributed by atoms with E-state index in [9.17, 15) is 22.8 Å². The molecular weight excluding hydrogens is 394 g/mol. The molecule has 3 rings (SSSR count). The number of amides is 3. The first-order valence-corrected chi connectivity index (χ1v) is 10.7. The summed E-state index contributed by atoms with van der Waals surface area (Å²) in [5.74, 6) is -0.828. The van der Waals surface area contributed by atoms with Crippen LogP contribution in [0, 0.1) is 0 Å². The van der Waals surface area contributed by atoms with Crippen molar-refractivity contribution in [2.45, 2.75) is 24.2 Å². The second kappa shape index (κ2) is 8.54. The molecule has 0 atom stereocenters. The van der Waals surface area contributed by atoms with E-state index in [1.165, 1.54) is 17.0 Å². The molecule has 0 aromatic heterocycles. The minimum atomic E-state index is -3.72. The van der Waals surface area contributed by atoms with Gasteiger partial charge in [-0.25, -0.2) is 13.6 Å². The molecule has 0 unspecified atom stereocenters. The van der Waals surface area contributed by atoms with Gasteiger partial charge in [0.05, 0.1) is 16.0 Å². The Morgan fingerprint density at radius 1 is 0.966 bits per heavy atom. The highest BCUT2D eigenvalue weighted by Crippen LogP contribution is 2.22. The van der Waals surface area contributed by atoms with Crippen LogP contribution in [0.5, 0.6) is 0 Å². The van der Waals surface area contributed by atoms with Crippen molar-refractivity contribution in [1.29, 1.82) is 0 Å². The molecule has 0 spiro atoms. The summed E-state index contributed by atoms with van der Waals surface area (Å²) in [6, 6.07) is 12.8. The largest absolute Gasteiger partial charge is 0.356 e. The number of nitrogens with two attached hydrogens (primary N) is 1. The third kappa shape index (κ3) is 4.87. The quantitative estimate of drug-likeness (QED) is 0.624. The first-order chi connectivity index (χ1) is 13.8. The average Bonchev–Trinajstić information content (AvgIpc) is 2.93. The molecule has 0 saturated heterocycles. The van der Waals surface area contributed by atoms with Gasteiger partial charge in [0.15, 0.2) is 0 Å². The van der Waals surface area contributed by atoms with Gasteiger partial charge in [-0.2, -0.15) is 0 Å². The van der Waals surface area contributed by atoms with Crippen LogP contribution in [-0.2, 0) is 21.2 Å². The van der Waals surface area contributed by atoms with Gasteiger partial charge in [0.25, 0.3) is 11.8 Å². The highest BCUT2D eigenvalue weighted by molar-refractivity contribution is 7.89. The fourth-order valence-electron chi connectivity index (χ4n) is 3.12. The Morgan fingerprint density at radius 3 is 2.10 bits per heavy atom. The predicted octanol–water partition coefficient (Wildman–Crippen LogP) is 1.07. The number of fused-ring (bicyclic) bond motifs is 1. The van der Waals surface area contributed by atoms with Gasteiger partial charge in [-0.05, 0) is 42.7 Å². The summed E-state index contributed by atoms with van der Waals surface area (Å²) in [5, 5.41) is 7.82. The van der Waals surface area contributed by atoms with Crippen molar-refractivity contribution in [1.82, 2.24) is 10.2 Å². The van der Waals surface area contributed by atoms with Crippen LogP contribution in [-0.4, -0.2) is 44.1 Å². The van der Waals surface area contributed by atoms with E-state index in [1.54, 1.807) is 36.4 Å². The second-order valence-electron chi connectivity index (χ2n) is 6.70. The van der Waals surface area contributed by atoms with Crippen molar-refractivity contribution in [3.05, 3.63) is 65.2 Å². The highest BCUT2D eigenvalue weighted by atomic mass is 32.2. The van der Waals surface area contributed by atoms with Crippen molar-refractivity contribution < 1.29 is 22.8 Å². The summed E-state index contributed by atoms with van der Waals surface area (Å²) in [6.07, 6.45) is 1.10. The summed E-state index contributed by atoms with van der Waals surface area (Å²) >= 11 is 0. The molecule has 29 heavy (non-hydrogen) atoms. The Bertz CT molecular complexity index is 1010. The minimum absolute atomic E-state index is 0.0402. The first-order valence-electron chi connectivity index (χ1n) is 9.11. The molecule has 1 aliphatic rings. The zero-order chi connectivity index (χ0) is 21.0. The zero-order valence-corrected chi connectivity index (χ0v) is 16.4. The standard InChI is InChI=1S/C20H21N3O5S/c21-29(27,28)15-9-7-14(8-10-15)11-12-22-18(24)6-3-13-23-19(25)16-4-1-2-5-17(16)20(23)26/h1-2,4-5,7-10H,3,6,11-13H2,(H,22,24)(H2,21,27,28). The van der Waals surface area contributed by atoms with Crippen LogP contribution in [0.4, 0.5) is 0 Å². The minimum Gasteiger partial charge on any atom is -0.356 e. The molecule has 0 radical (unpaired) electrons. The second-order valence-corrected chi connectivity index (χ2v) is 8.26. The van der Waals surface area contributed by atoms with Gasteiger partial charge in [-0.1, -0.05) is 24.3 Å². The molecule has 2 aromatic rings. The molecule has 3 amide bonds. The molecule has 2 aromatic carbocycles. The summed E-state index contributed by atoms with van der Waals surface area (Å²) in [6.45, 7) is 0.579. The van der Waals surface area contributed by atoms with E-state index in [0.717, 1.165) is 5.56 Å². The van der Waals surface area contributed by atoms with Crippen LogP contribution < -0.4 is 10.5 Å². The number of carbonyl (C=O) groups is 3. The Balaban J connectivity index is 1.40. The van der Waals surface area contributed by atoms with E-state index in [4.69, 9.17) is 5.14 Å². The van der Waals surface area contributed by atoms with E-state index in [-0.39, 0.29) is 35.6 Å². The van der Waals surface area contributed by atoms with Crippen LogP contribution in [0.1, 0.15) is 39.1 Å². The normalized spacial score (nSPS) is 13.5. The molecule has 9 heteroatoms.